The molecule has 1 aromatic heterocycles. The highest BCUT2D eigenvalue weighted by Crippen LogP contribution is 2.24. The molecule has 0 saturated carbocycles. The summed E-state index contributed by atoms with van der Waals surface area (Å²) in [6.45, 7) is 3.73. The Balaban J connectivity index is 2.90. The highest BCUT2D eigenvalue weighted by molar-refractivity contribution is 5.77. The number of nitrogens with two attached hydrogens (primary N) is 1. The minimum absolute atomic E-state index is 0.426. The lowest BCUT2D eigenvalue weighted by molar-refractivity contribution is -0.143. The number of imidazole rings is 1. The molecule has 1 atom stereocenters. The Morgan fingerprint density at radius 3 is 2.79 bits per heavy atom. The average Bonchev–Trinajstić information content (AvgIpc) is 2.68. The van der Waals surface area contributed by atoms with Crippen molar-refractivity contribution in [3.05, 3.63) is 18.2 Å². The molecule has 0 amide bonds. The van der Waals surface area contributed by atoms with Crippen molar-refractivity contribution in [3.8, 4) is 0 Å². The van der Waals surface area contributed by atoms with Crippen LogP contribution in [0.5, 0.6) is 0 Å². The molecule has 0 bridgehead atoms. The first-order chi connectivity index (χ1) is 6.50. The second-order valence-electron chi connectivity index (χ2n) is 3.69. The third-order valence-corrected chi connectivity index (χ3v) is 2.43. The quantitative estimate of drug-likeness (QED) is 0.678. The van der Waals surface area contributed by atoms with Crippen molar-refractivity contribution in [2.75, 3.05) is 7.11 Å². The van der Waals surface area contributed by atoms with Gasteiger partial charge in [0.1, 0.15) is 6.04 Å². The van der Waals surface area contributed by atoms with Crippen LogP contribution in [-0.4, -0.2) is 29.1 Å². The predicted octanol–water partition coefficient (Wildman–Crippen LogP) is 0.188. The summed E-state index contributed by atoms with van der Waals surface area (Å²) in [5.41, 5.74) is 6.08. The molecule has 0 aromatic carbocycles. The second kappa shape index (κ2) is 3.79. The molecule has 0 saturated heterocycles. The van der Waals surface area contributed by atoms with Gasteiger partial charge in [-0.3, -0.25) is 4.79 Å². The van der Waals surface area contributed by atoms with E-state index in [-0.39, 0.29) is 0 Å². The van der Waals surface area contributed by atoms with Gasteiger partial charge in [0.15, 0.2) is 0 Å². The van der Waals surface area contributed by atoms with Gasteiger partial charge in [0, 0.05) is 17.3 Å². The van der Waals surface area contributed by atoms with Gasteiger partial charge in [-0.2, -0.15) is 0 Å². The number of H-pyrrole nitrogens is 1. The maximum atomic E-state index is 11.3. The summed E-state index contributed by atoms with van der Waals surface area (Å²) < 4.78 is 4.60. The van der Waals surface area contributed by atoms with Gasteiger partial charge in [-0.05, 0) is 0 Å². The summed E-state index contributed by atoms with van der Waals surface area (Å²) in [5.74, 6) is -0.426. The van der Waals surface area contributed by atoms with Crippen LogP contribution in [0.1, 0.15) is 19.5 Å². The zero-order valence-electron chi connectivity index (χ0n) is 8.57. The molecule has 0 aliphatic carbocycles. The number of carbonyl (C=O) groups is 1. The Hall–Kier alpha value is -1.36. The summed E-state index contributed by atoms with van der Waals surface area (Å²) in [5, 5.41) is 0. The SMILES string of the molecule is COC(=O)C(N)C(C)(C)c1cnc[nH]1. The predicted molar refractivity (Wildman–Crippen MR) is 51.6 cm³/mol. The molecule has 1 rings (SSSR count). The van der Waals surface area contributed by atoms with E-state index in [9.17, 15) is 4.79 Å². The number of hydrogen-bond acceptors (Lipinski definition) is 4. The van der Waals surface area contributed by atoms with E-state index in [1.165, 1.54) is 7.11 Å². The summed E-state index contributed by atoms with van der Waals surface area (Å²) >= 11 is 0. The molecule has 78 valence electrons. The van der Waals surface area contributed by atoms with Crippen LogP contribution in [0.15, 0.2) is 12.5 Å². The summed E-state index contributed by atoms with van der Waals surface area (Å²) in [7, 11) is 1.32. The fourth-order valence-electron chi connectivity index (χ4n) is 1.20. The van der Waals surface area contributed by atoms with Crippen molar-refractivity contribution in [1.29, 1.82) is 0 Å². The number of aromatic nitrogens is 2. The molecule has 14 heavy (non-hydrogen) atoms. The van der Waals surface area contributed by atoms with Gasteiger partial charge in [-0.15, -0.1) is 0 Å². The van der Waals surface area contributed by atoms with Crippen LogP contribution in [0.3, 0.4) is 0 Å². The summed E-state index contributed by atoms with van der Waals surface area (Å²) in [6.07, 6.45) is 3.21. The second-order valence-corrected chi connectivity index (χ2v) is 3.69. The number of methoxy groups -OCH3 is 1. The molecule has 5 heteroatoms. The standard InChI is InChI=1S/C9H15N3O2/c1-9(2,6-4-11-5-12-6)7(10)8(13)14-3/h4-5,7H,10H2,1-3H3,(H,11,12). The topological polar surface area (TPSA) is 81.0 Å². The first kappa shape index (κ1) is 10.7. The maximum Gasteiger partial charge on any atom is 0.323 e. The van der Waals surface area contributed by atoms with Gasteiger partial charge in [-0.1, -0.05) is 13.8 Å². The Kier molecular flexibility index (Phi) is 2.90. The summed E-state index contributed by atoms with van der Waals surface area (Å²) in [4.78, 5) is 18.1. The van der Waals surface area contributed by atoms with E-state index in [4.69, 9.17) is 5.73 Å². The van der Waals surface area contributed by atoms with Gasteiger partial charge in [0.2, 0.25) is 0 Å². The first-order valence-corrected chi connectivity index (χ1v) is 4.32. The van der Waals surface area contributed by atoms with Crippen LogP contribution in [0.2, 0.25) is 0 Å². The average molecular weight is 197 g/mol. The minimum Gasteiger partial charge on any atom is -0.468 e. The van der Waals surface area contributed by atoms with E-state index in [2.05, 4.69) is 14.7 Å². The normalized spacial score (nSPS) is 13.7. The number of hydrogen-bond donors (Lipinski definition) is 2. The van der Waals surface area contributed by atoms with E-state index < -0.39 is 17.4 Å². The van der Waals surface area contributed by atoms with Crippen molar-refractivity contribution in [2.24, 2.45) is 5.73 Å². The third kappa shape index (κ3) is 1.77. The van der Waals surface area contributed by atoms with Crippen molar-refractivity contribution in [2.45, 2.75) is 25.3 Å². The molecule has 1 unspecified atom stereocenters. The first-order valence-electron chi connectivity index (χ1n) is 4.32. The van der Waals surface area contributed by atoms with Crippen LogP contribution in [0.4, 0.5) is 0 Å². The molecule has 0 aliphatic rings. The Morgan fingerprint density at radius 2 is 2.36 bits per heavy atom. The number of nitrogens with one attached hydrogen (secondary N) is 1. The molecule has 0 radical (unpaired) electrons. The van der Waals surface area contributed by atoms with Gasteiger partial charge >= 0.3 is 5.97 Å². The van der Waals surface area contributed by atoms with Crippen molar-refractivity contribution < 1.29 is 9.53 Å². The zero-order chi connectivity index (χ0) is 10.8. The van der Waals surface area contributed by atoms with Crippen LogP contribution in [-0.2, 0) is 14.9 Å². The smallest absolute Gasteiger partial charge is 0.323 e. The summed E-state index contributed by atoms with van der Waals surface area (Å²) in [6, 6.07) is -0.701. The monoisotopic (exact) mass is 197 g/mol. The van der Waals surface area contributed by atoms with E-state index in [1.54, 1.807) is 12.5 Å². The molecule has 1 aromatic rings. The Morgan fingerprint density at radius 1 is 1.71 bits per heavy atom. The van der Waals surface area contributed by atoms with Crippen LogP contribution in [0.25, 0.3) is 0 Å². The van der Waals surface area contributed by atoms with Crippen LogP contribution < -0.4 is 5.73 Å². The maximum absolute atomic E-state index is 11.3. The number of esters is 1. The van der Waals surface area contributed by atoms with Crippen LogP contribution in [0, 0.1) is 0 Å². The molecule has 0 spiro atoms. The molecular weight excluding hydrogens is 182 g/mol. The Labute approximate surface area is 82.7 Å². The number of aromatic amines is 1. The number of ether oxygens (including phenoxy) is 1. The van der Waals surface area contributed by atoms with E-state index >= 15 is 0 Å². The number of carbonyl (C=O) groups excluding carboxylic acids is 1. The lowest BCUT2D eigenvalue weighted by atomic mass is 9.82. The van der Waals surface area contributed by atoms with Gasteiger partial charge in [0.25, 0.3) is 0 Å². The zero-order valence-corrected chi connectivity index (χ0v) is 8.57. The minimum atomic E-state index is -0.701. The van der Waals surface area contributed by atoms with E-state index in [0.29, 0.717) is 0 Å². The Bertz CT molecular complexity index is 306. The molecule has 0 aliphatic heterocycles. The van der Waals surface area contributed by atoms with E-state index in [1.807, 2.05) is 13.8 Å². The molecule has 5 nitrogen and oxygen atoms in total. The van der Waals surface area contributed by atoms with Gasteiger partial charge in [0.05, 0.1) is 13.4 Å². The molecular formula is C9H15N3O2. The van der Waals surface area contributed by atoms with Gasteiger partial charge in [-0.25, -0.2) is 4.98 Å². The van der Waals surface area contributed by atoms with Crippen molar-refractivity contribution in [3.63, 3.8) is 0 Å². The van der Waals surface area contributed by atoms with Crippen LogP contribution >= 0.6 is 0 Å². The largest absolute Gasteiger partial charge is 0.468 e. The van der Waals surface area contributed by atoms with Crippen molar-refractivity contribution >= 4 is 5.97 Å². The molecule has 0 fully saturated rings. The fraction of sp³-hybridized carbons (Fsp3) is 0.556. The lowest BCUT2D eigenvalue weighted by Gasteiger charge is -2.28. The fourth-order valence-corrected chi connectivity index (χ4v) is 1.20. The van der Waals surface area contributed by atoms with Gasteiger partial charge < -0.3 is 15.5 Å². The van der Waals surface area contributed by atoms with E-state index in [0.717, 1.165) is 5.69 Å². The van der Waals surface area contributed by atoms with Crippen molar-refractivity contribution in [1.82, 2.24) is 9.97 Å². The number of nitrogens with zero attached hydrogens (tertiary/aromatic N) is 1. The third-order valence-electron chi connectivity index (χ3n) is 2.43. The number of rotatable bonds is 3. The lowest BCUT2D eigenvalue weighted by Crippen LogP contribution is -2.47. The highest BCUT2D eigenvalue weighted by atomic mass is 16.5. The molecule has 1 heterocycles. The highest BCUT2D eigenvalue weighted by Gasteiger charge is 2.35. The molecule has 3 N–H and O–H groups in total.